The lowest BCUT2D eigenvalue weighted by atomic mass is 9.81. The second-order valence-corrected chi connectivity index (χ2v) is 7.45. The number of piperidine rings is 1. The van der Waals surface area contributed by atoms with Crippen LogP contribution in [0.3, 0.4) is 0 Å². The first-order valence-electron chi connectivity index (χ1n) is 10.1. The van der Waals surface area contributed by atoms with Crippen LogP contribution >= 0.6 is 0 Å². The van der Waals surface area contributed by atoms with Crippen molar-refractivity contribution in [2.45, 2.75) is 33.1 Å². The Bertz CT molecular complexity index is 904. The van der Waals surface area contributed by atoms with Crippen molar-refractivity contribution in [1.82, 2.24) is 9.88 Å². The molecule has 2 heterocycles. The molecule has 0 bridgehead atoms. The number of H-pyrrole nitrogens is 1. The standard InChI is InChI=1S/C22H28N2O5/c1-4-14-12-24(21(26)8-15(14)9-22(27)29-5-2)13-20(25)18-11-23-19-10-16(28-3)6-7-17(18)19/h6-7,10-11,14-15,23H,4-5,8-9,12-13H2,1-3H3/t14-,15+/m0/s1. The lowest BCUT2D eigenvalue weighted by molar-refractivity contribution is -0.147. The minimum absolute atomic E-state index is 0.0292. The molecule has 1 fully saturated rings. The predicted molar refractivity (Wildman–Crippen MR) is 109 cm³/mol. The largest absolute Gasteiger partial charge is 0.497 e. The molecule has 0 radical (unpaired) electrons. The number of likely N-dealkylation sites (tertiary alicyclic amines) is 1. The molecule has 1 aliphatic heterocycles. The molecule has 7 heteroatoms. The number of carbonyl (C=O) groups excluding carboxylic acids is 3. The molecule has 29 heavy (non-hydrogen) atoms. The molecule has 1 N–H and O–H groups in total. The van der Waals surface area contributed by atoms with Crippen molar-refractivity contribution in [2.24, 2.45) is 11.8 Å². The van der Waals surface area contributed by atoms with E-state index in [1.807, 2.05) is 25.1 Å². The fourth-order valence-corrected chi connectivity index (χ4v) is 4.06. The third-order valence-electron chi connectivity index (χ3n) is 5.69. The normalized spacial score (nSPS) is 19.4. The molecule has 7 nitrogen and oxygen atoms in total. The van der Waals surface area contributed by atoms with Crippen molar-refractivity contribution < 1.29 is 23.9 Å². The Balaban J connectivity index is 1.69. The highest BCUT2D eigenvalue weighted by Gasteiger charge is 2.35. The lowest BCUT2D eigenvalue weighted by Crippen LogP contribution is -2.47. The summed E-state index contributed by atoms with van der Waals surface area (Å²) < 4.78 is 10.3. The van der Waals surface area contributed by atoms with E-state index in [1.165, 1.54) is 0 Å². The van der Waals surface area contributed by atoms with Crippen LogP contribution < -0.4 is 4.74 Å². The number of aromatic amines is 1. The highest BCUT2D eigenvalue weighted by atomic mass is 16.5. The summed E-state index contributed by atoms with van der Waals surface area (Å²) in [5, 5.41) is 0.812. The summed E-state index contributed by atoms with van der Waals surface area (Å²) in [5.41, 5.74) is 1.38. The first-order chi connectivity index (χ1) is 14.0. The number of nitrogens with zero attached hydrogens (tertiary/aromatic N) is 1. The van der Waals surface area contributed by atoms with Gasteiger partial charge in [0.05, 0.1) is 20.3 Å². The van der Waals surface area contributed by atoms with Gasteiger partial charge < -0.3 is 19.4 Å². The van der Waals surface area contributed by atoms with Gasteiger partial charge in [-0.3, -0.25) is 14.4 Å². The highest BCUT2D eigenvalue weighted by Crippen LogP contribution is 2.31. The van der Waals surface area contributed by atoms with Gasteiger partial charge in [0.15, 0.2) is 5.78 Å². The topological polar surface area (TPSA) is 88.7 Å². The molecule has 0 spiro atoms. The first kappa shape index (κ1) is 20.9. The van der Waals surface area contributed by atoms with Gasteiger partial charge in [-0.05, 0) is 30.9 Å². The van der Waals surface area contributed by atoms with Crippen molar-refractivity contribution in [2.75, 3.05) is 26.8 Å². The zero-order chi connectivity index (χ0) is 21.0. The second-order valence-electron chi connectivity index (χ2n) is 7.45. The van der Waals surface area contributed by atoms with Crippen LogP contribution in [0.15, 0.2) is 24.4 Å². The number of rotatable bonds is 8. The quantitative estimate of drug-likeness (QED) is 0.543. The SMILES string of the molecule is CCOC(=O)C[C@H]1CC(=O)N(CC(=O)c2c[nH]c3cc(OC)ccc23)C[C@@H]1CC. The maximum atomic E-state index is 12.9. The maximum Gasteiger partial charge on any atom is 0.306 e. The number of benzene rings is 1. The van der Waals surface area contributed by atoms with E-state index < -0.39 is 0 Å². The number of fused-ring (bicyclic) bond motifs is 1. The van der Waals surface area contributed by atoms with Gasteiger partial charge in [0, 0.05) is 48.1 Å². The van der Waals surface area contributed by atoms with Gasteiger partial charge in [-0.1, -0.05) is 13.3 Å². The summed E-state index contributed by atoms with van der Waals surface area (Å²) in [6.07, 6.45) is 3.05. The Kier molecular flexibility index (Phi) is 6.56. The number of hydrogen-bond acceptors (Lipinski definition) is 5. The number of esters is 1. The summed E-state index contributed by atoms with van der Waals surface area (Å²) in [4.78, 5) is 42.1. The average Bonchev–Trinajstić information content (AvgIpc) is 3.13. The zero-order valence-electron chi connectivity index (χ0n) is 17.2. The van der Waals surface area contributed by atoms with E-state index in [0.717, 1.165) is 17.3 Å². The Morgan fingerprint density at radius 1 is 1.24 bits per heavy atom. The number of hydrogen-bond donors (Lipinski definition) is 1. The van der Waals surface area contributed by atoms with Crippen molar-refractivity contribution in [3.05, 3.63) is 30.0 Å². The number of carbonyl (C=O) groups is 3. The van der Waals surface area contributed by atoms with Gasteiger partial charge in [0.2, 0.25) is 5.91 Å². The van der Waals surface area contributed by atoms with Gasteiger partial charge in [0.1, 0.15) is 5.75 Å². The van der Waals surface area contributed by atoms with E-state index in [4.69, 9.17) is 9.47 Å². The Morgan fingerprint density at radius 3 is 2.72 bits per heavy atom. The monoisotopic (exact) mass is 400 g/mol. The molecule has 1 aliphatic rings. The molecule has 1 aromatic carbocycles. The van der Waals surface area contributed by atoms with Crippen LogP contribution in [0.4, 0.5) is 0 Å². The van der Waals surface area contributed by atoms with E-state index in [1.54, 1.807) is 25.1 Å². The number of nitrogens with one attached hydrogen (secondary N) is 1. The van der Waals surface area contributed by atoms with E-state index >= 15 is 0 Å². The number of methoxy groups -OCH3 is 1. The second kappa shape index (κ2) is 9.11. The van der Waals surface area contributed by atoms with Gasteiger partial charge in [-0.15, -0.1) is 0 Å². The highest BCUT2D eigenvalue weighted by molar-refractivity contribution is 6.09. The maximum absolute atomic E-state index is 12.9. The number of amides is 1. The Labute approximate surface area is 170 Å². The molecule has 1 amide bonds. The summed E-state index contributed by atoms with van der Waals surface area (Å²) >= 11 is 0. The molecule has 2 aromatic rings. The average molecular weight is 400 g/mol. The van der Waals surface area contributed by atoms with Crippen LogP contribution in [0.5, 0.6) is 5.75 Å². The summed E-state index contributed by atoms with van der Waals surface area (Å²) in [5.74, 6) is 0.411. The van der Waals surface area contributed by atoms with E-state index in [9.17, 15) is 14.4 Å². The summed E-state index contributed by atoms with van der Waals surface area (Å²) in [7, 11) is 1.59. The fourth-order valence-electron chi connectivity index (χ4n) is 4.06. The number of aromatic nitrogens is 1. The number of ether oxygens (including phenoxy) is 2. The molecule has 0 unspecified atom stereocenters. The minimum atomic E-state index is -0.262. The molecule has 1 saturated heterocycles. The summed E-state index contributed by atoms with van der Waals surface area (Å²) in [6, 6.07) is 5.50. The van der Waals surface area contributed by atoms with E-state index in [0.29, 0.717) is 24.5 Å². The van der Waals surface area contributed by atoms with E-state index in [2.05, 4.69) is 4.98 Å². The minimum Gasteiger partial charge on any atom is -0.497 e. The predicted octanol–water partition coefficient (Wildman–Crippen LogP) is 3.19. The van der Waals surface area contributed by atoms with Crippen molar-refractivity contribution in [3.8, 4) is 5.75 Å². The number of ketones is 1. The Hall–Kier alpha value is -2.83. The van der Waals surface area contributed by atoms with Gasteiger partial charge in [-0.2, -0.15) is 0 Å². The summed E-state index contributed by atoms with van der Waals surface area (Å²) in [6.45, 7) is 4.69. The molecular weight excluding hydrogens is 372 g/mol. The molecule has 3 rings (SSSR count). The van der Waals surface area contributed by atoms with Gasteiger partial charge in [-0.25, -0.2) is 0 Å². The van der Waals surface area contributed by atoms with Crippen LogP contribution in [0, 0.1) is 11.8 Å². The molecule has 2 atom stereocenters. The molecule has 0 saturated carbocycles. The third kappa shape index (κ3) is 4.60. The molecular formula is C22H28N2O5. The molecule has 0 aliphatic carbocycles. The van der Waals surface area contributed by atoms with Crippen LogP contribution in [0.25, 0.3) is 10.9 Å². The van der Waals surface area contributed by atoms with Crippen LogP contribution in [-0.2, 0) is 14.3 Å². The van der Waals surface area contributed by atoms with Gasteiger partial charge in [0.25, 0.3) is 0 Å². The fraction of sp³-hybridized carbons (Fsp3) is 0.500. The van der Waals surface area contributed by atoms with Crippen molar-refractivity contribution in [1.29, 1.82) is 0 Å². The smallest absolute Gasteiger partial charge is 0.306 e. The van der Waals surface area contributed by atoms with Crippen molar-refractivity contribution in [3.63, 3.8) is 0 Å². The van der Waals surface area contributed by atoms with Gasteiger partial charge >= 0.3 is 5.97 Å². The molecule has 156 valence electrons. The molecule has 1 aromatic heterocycles. The van der Waals surface area contributed by atoms with Crippen LogP contribution in [0.2, 0.25) is 0 Å². The number of Topliss-reactive ketones (excluding diaryl/α,β-unsaturated/α-hetero) is 1. The first-order valence-corrected chi connectivity index (χ1v) is 10.1. The van der Waals surface area contributed by atoms with Crippen molar-refractivity contribution >= 4 is 28.6 Å². The van der Waals surface area contributed by atoms with Crippen LogP contribution in [-0.4, -0.2) is 54.3 Å². The zero-order valence-corrected chi connectivity index (χ0v) is 17.2. The lowest BCUT2D eigenvalue weighted by Gasteiger charge is -2.37. The van der Waals surface area contributed by atoms with E-state index in [-0.39, 0.29) is 48.9 Å². The Morgan fingerprint density at radius 2 is 2.03 bits per heavy atom. The third-order valence-corrected chi connectivity index (χ3v) is 5.69. The van der Waals surface area contributed by atoms with Crippen LogP contribution in [0.1, 0.15) is 43.5 Å².